The molecule has 2 N–H and O–H groups in total. The third-order valence-electron chi connectivity index (χ3n) is 4.21. The molecule has 1 unspecified atom stereocenters. The van der Waals surface area contributed by atoms with Gasteiger partial charge in [0.2, 0.25) is 11.8 Å². The summed E-state index contributed by atoms with van der Waals surface area (Å²) in [5.41, 5.74) is 7.04. The lowest BCUT2D eigenvalue weighted by molar-refractivity contribution is -0.147. The van der Waals surface area contributed by atoms with E-state index in [4.69, 9.17) is 14.9 Å². The van der Waals surface area contributed by atoms with Crippen molar-refractivity contribution in [3.63, 3.8) is 0 Å². The molecule has 4 aromatic rings. The van der Waals surface area contributed by atoms with E-state index in [1.165, 1.54) is 4.52 Å². The van der Waals surface area contributed by atoms with Gasteiger partial charge in [-0.2, -0.15) is 14.6 Å². The standard InChI is InChI=1S/C17H19N7O3/c1-3-6-11(16(25)26-4-2)23-15-10(9-19-23)14-20-13(12-7-5-8-27-12)22-24(14)17(18)21-15/h5,7-9,11H,3-4,6H2,1-2H3,(H2,18,21). The number of carbonyl (C=O) groups is 1. The van der Waals surface area contributed by atoms with Crippen molar-refractivity contribution in [2.75, 3.05) is 12.3 Å². The number of hydrogen-bond acceptors (Lipinski definition) is 8. The van der Waals surface area contributed by atoms with Crippen LogP contribution in [0.3, 0.4) is 0 Å². The number of anilines is 1. The van der Waals surface area contributed by atoms with Crippen LogP contribution >= 0.6 is 0 Å². The van der Waals surface area contributed by atoms with Crippen molar-refractivity contribution in [3.8, 4) is 11.6 Å². The number of hydrogen-bond donors (Lipinski definition) is 1. The number of nitrogens with two attached hydrogens (primary N) is 1. The summed E-state index contributed by atoms with van der Waals surface area (Å²) < 4.78 is 13.5. The van der Waals surface area contributed by atoms with E-state index in [0.29, 0.717) is 41.3 Å². The Kier molecular flexibility index (Phi) is 4.22. The zero-order valence-electron chi connectivity index (χ0n) is 15.0. The molecule has 0 fully saturated rings. The normalized spacial score (nSPS) is 12.7. The molecular weight excluding hydrogens is 350 g/mol. The van der Waals surface area contributed by atoms with Gasteiger partial charge in [0.05, 0.1) is 24.5 Å². The van der Waals surface area contributed by atoms with Crippen LogP contribution in [0.25, 0.3) is 28.3 Å². The van der Waals surface area contributed by atoms with Crippen molar-refractivity contribution >= 4 is 28.6 Å². The van der Waals surface area contributed by atoms with Crippen molar-refractivity contribution in [1.82, 2.24) is 29.4 Å². The highest BCUT2D eigenvalue weighted by atomic mass is 16.5. The molecule has 0 aliphatic carbocycles. The molecule has 0 aromatic carbocycles. The van der Waals surface area contributed by atoms with E-state index in [1.54, 1.807) is 36.2 Å². The third-order valence-corrected chi connectivity index (χ3v) is 4.21. The minimum absolute atomic E-state index is 0.142. The van der Waals surface area contributed by atoms with E-state index in [2.05, 4.69) is 20.2 Å². The Hall–Kier alpha value is -3.43. The molecule has 4 rings (SSSR count). The van der Waals surface area contributed by atoms with Gasteiger partial charge >= 0.3 is 5.97 Å². The second kappa shape index (κ2) is 6.71. The fraction of sp³-hybridized carbons (Fsp3) is 0.353. The Balaban J connectivity index is 1.88. The molecule has 0 bridgehead atoms. The fourth-order valence-corrected chi connectivity index (χ4v) is 3.02. The fourth-order valence-electron chi connectivity index (χ4n) is 3.02. The van der Waals surface area contributed by atoms with E-state index >= 15 is 0 Å². The highest BCUT2D eigenvalue weighted by Crippen LogP contribution is 2.26. The van der Waals surface area contributed by atoms with Gasteiger partial charge < -0.3 is 14.9 Å². The first-order valence-electron chi connectivity index (χ1n) is 8.74. The summed E-state index contributed by atoms with van der Waals surface area (Å²) in [7, 11) is 0. The number of furan rings is 1. The van der Waals surface area contributed by atoms with Crippen LogP contribution in [0.5, 0.6) is 0 Å². The first-order valence-corrected chi connectivity index (χ1v) is 8.74. The highest BCUT2D eigenvalue weighted by molar-refractivity contribution is 5.91. The van der Waals surface area contributed by atoms with Crippen LogP contribution in [0.2, 0.25) is 0 Å². The Labute approximate surface area is 153 Å². The average Bonchev–Trinajstić information content (AvgIpc) is 3.38. The summed E-state index contributed by atoms with van der Waals surface area (Å²) >= 11 is 0. The molecule has 27 heavy (non-hydrogen) atoms. The average molecular weight is 369 g/mol. The summed E-state index contributed by atoms with van der Waals surface area (Å²) in [6.07, 6.45) is 4.52. The molecule has 0 aliphatic rings. The van der Waals surface area contributed by atoms with Crippen LogP contribution in [0.1, 0.15) is 32.7 Å². The van der Waals surface area contributed by atoms with Gasteiger partial charge in [0.1, 0.15) is 0 Å². The Morgan fingerprint density at radius 1 is 1.33 bits per heavy atom. The number of nitrogens with zero attached hydrogens (tertiary/aromatic N) is 6. The molecule has 0 radical (unpaired) electrons. The summed E-state index contributed by atoms with van der Waals surface area (Å²) in [6.45, 7) is 4.06. The Morgan fingerprint density at radius 2 is 2.19 bits per heavy atom. The Bertz CT molecular complexity index is 1100. The minimum atomic E-state index is -0.575. The van der Waals surface area contributed by atoms with Crippen molar-refractivity contribution in [1.29, 1.82) is 0 Å². The first-order chi connectivity index (χ1) is 13.1. The molecule has 0 aliphatic heterocycles. The second-order valence-corrected chi connectivity index (χ2v) is 6.00. The van der Waals surface area contributed by atoms with Gasteiger partial charge in [-0.3, -0.25) is 0 Å². The maximum absolute atomic E-state index is 12.4. The second-order valence-electron chi connectivity index (χ2n) is 6.00. The summed E-state index contributed by atoms with van der Waals surface area (Å²) in [5.74, 6) is 0.712. The van der Waals surface area contributed by atoms with Crippen LogP contribution in [0.15, 0.2) is 29.0 Å². The van der Waals surface area contributed by atoms with Gasteiger partial charge in [0, 0.05) is 0 Å². The number of rotatable bonds is 6. The molecule has 0 amide bonds. The lowest BCUT2D eigenvalue weighted by Crippen LogP contribution is -2.23. The van der Waals surface area contributed by atoms with Crippen LogP contribution in [-0.2, 0) is 9.53 Å². The molecule has 0 spiro atoms. The maximum atomic E-state index is 12.4. The number of fused-ring (bicyclic) bond motifs is 3. The quantitative estimate of drug-likeness (QED) is 0.513. The molecule has 10 nitrogen and oxygen atoms in total. The van der Waals surface area contributed by atoms with E-state index in [1.807, 2.05) is 6.92 Å². The maximum Gasteiger partial charge on any atom is 0.331 e. The summed E-state index contributed by atoms with van der Waals surface area (Å²) in [4.78, 5) is 21.3. The highest BCUT2D eigenvalue weighted by Gasteiger charge is 2.26. The van der Waals surface area contributed by atoms with E-state index in [9.17, 15) is 4.79 Å². The SMILES string of the molecule is CCCC(C(=O)OCC)n1ncc2c1nc(N)n1nc(-c3ccco3)nc21. The molecule has 0 saturated carbocycles. The van der Waals surface area contributed by atoms with Crippen LogP contribution < -0.4 is 5.73 Å². The van der Waals surface area contributed by atoms with E-state index in [0.717, 1.165) is 6.42 Å². The Morgan fingerprint density at radius 3 is 2.89 bits per heavy atom. The molecule has 1 atom stereocenters. The van der Waals surface area contributed by atoms with Crippen molar-refractivity contribution in [2.45, 2.75) is 32.7 Å². The van der Waals surface area contributed by atoms with Crippen LogP contribution in [0, 0.1) is 0 Å². The smallest absolute Gasteiger partial charge is 0.331 e. The van der Waals surface area contributed by atoms with Crippen molar-refractivity contribution < 1.29 is 13.9 Å². The zero-order chi connectivity index (χ0) is 19.0. The van der Waals surface area contributed by atoms with Gasteiger partial charge in [0.25, 0.3) is 0 Å². The summed E-state index contributed by atoms with van der Waals surface area (Å²) in [6, 6.07) is 2.94. The van der Waals surface area contributed by atoms with Crippen LogP contribution in [0.4, 0.5) is 5.95 Å². The van der Waals surface area contributed by atoms with Gasteiger partial charge in [0.15, 0.2) is 23.1 Å². The lowest BCUT2D eigenvalue weighted by atomic mass is 10.2. The lowest BCUT2D eigenvalue weighted by Gasteiger charge is -2.15. The van der Waals surface area contributed by atoms with E-state index < -0.39 is 6.04 Å². The summed E-state index contributed by atoms with van der Waals surface area (Å²) in [5, 5.41) is 9.37. The number of ether oxygens (including phenoxy) is 1. The molecule has 140 valence electrons. The molecule has 4 heterocycles. The van der Waals surface area contributed by atoms with Gasteiger partial charge in [-0.05, 0) is 25.5 Å². The third kappa shape index (κ3) is 2.78. The van der Waals surface area contributed by atoms with Gasteiger partial charge in [-0.15, -0.1) is 5.10 Å². The molecule has 0 saturated heterocycles. The van der Waals surface area contributed by atoms with Crippen molar-refractivity contribution in [2.24, 2.45) is 0 Å². The number of carbonyl (C=O) groups excluding carboxylic acids is 1. The molecule has 4 aromatic heterocycles. The first kappa shape index (κ1) is 17.0. The monoisotopic (exact) mass is 369 g/mol. The molecular formula is C17H19N7O3. The van der Waals surface area contributed by atoms with E-state index in [-0.39, 0.29) is 11.9 Å². The number of nitrogen functional groups attached to an aromatic ring is 1. The number of aromatic nitrogens is 6. The van der Waals surface area contributed by atoms with Crippen molar-refractivity contribution in [3.05, 3.63) is 24.6 Å². The predicted molar refractivity (Wildman–Crippen MR) is 96.8 cm³/mol. The largest absolute Gasteiger partial charge is 0.464 e. The van der Waals surface area contributed by atoms with Gasteiger partial charge in [-0.25, -0.2) is 14.5 Å². The topological polar surface area (TPSA) is 126 Å². The van der Waals surface area contributed by atoms with Crippen LogP contribution in [-0.4, -0.2) is 41.9 Å². The zero-order valence-corrected chi connectivity index (χ0v) is 15.0. The predicted octanol–water partition coefficient (Wildman–Crippen LogP) is 2.22. The minimum Gasteiger partial charge on any atom is -0.464 e. The molecule has 10 heteroatoms. The number of esters is 1. The van der Waals surface area contributed by atoms with Gasteiger partial charge in [-0.1, -0.05) is 13.3 Å².